The third-order valence-electron chi connectivity index (χ3n) is 3.45. The second-order valence-electron chi connectivity index (χ2n) is 4.81. The molecule has 1 aromatic rings. The number of hydrogen-bond acceptors (Lipinski definition) is 3. The van der Waals surface area contributed by atoms with E-state index < -0.39 is 0 Å². The van der Waals surface area contributed by atoms with Gasteiger partial charge in [-0.3, -0.25) is 0 Å². The molecule has 0 radical (unpaired) electrons. The minimum atomic E-state index is -0.276. The van der Waals surface area contributed by atoms with E-state index in [0.29, 0.717) is 24.0 Å². The van der Waals surface area contributed by atoms with Gasteiger partial charge < -0.3 is 15.2 Å². The Morgan fingerprint density at radius 3 is 2.61 bits per heavy atom. The smallest absolute Gasteiger partial charge is 0.132 e. The number of hydrogen-bond donors (Lipinski definition) is 1. The van der Waals surface area contributed by atoms with Crippen LogP contribution in [0, 0.1) is 5.82 Å². The summed E-state index contributed by atoms with van der Waals surface area (Å²) in [6, 6.07) is 5.15. The van der Waals surface area contributed by atoms with Gasteiger partial charge in [-0.05, 0) is 31.7 Å². The summed E-state index contributed by atoms with van der Waals surface area (Å²) in [5.74, 6) is 0.252. The molecule has 0 aromatic heterocycles. The molecule has 1 fully saturated rings. The highest BCUT2D eigenvalue weighted by Gasteiger charge is 2.19. The van der Waals surface area contributed by atoms with E-state index in [0.717, 1.165) is 25.7 Å². The van der Waals surface area contributed by atoms with Crippen molar-refractivity contribution >= 4 is 0 Å². The lowest BCUT2D eigenvalue weighted by Crippen LogP contribution is -2.30. The lowest BCUT2D eigenvalue weighted by Gasteiger charge is -2.26. The topological polar surface area (TPSA) is 44.5 Å². The van der Waals surface area contributed by atoms with Crippen molar-refractivity contribution in [2.75, 3.05) is 7.11 Å². The van der Waals surface area contributed by atoms with E-state index in [1.807, 2.05) is 0 Å². The fraction of sp³-hybridized carbons (Fsp3) is 0.571. The Morgan fingerprint density at radius 1 is 1.28 bits per heavy atom. The van der Waals surface area contributed by atoms with Gasteiger partial charge in [0.1, 0.15) is 11.6 Å². The predicted octanol–water partition coefficient (Wildman–Crippen LogP) is 2.62. The van der Waals surface area contributed by atoms with Crippen LogP contribution in [0.5, 0.6) is 5.75 Å². The van der Waals surface area contributed by atoms with Crippen molar-refractivity contribution in [3.05, 3.63) is 29.6 Å². The zero-order valence-corrected chi connectivity index (χ0v) is 10.7. The van der Waals surface area contributed by atoms with Crippen LogP contribution < -0.4 is 10.5 Å². The van der Waals surface area contributed by atoms with Crippen LogP contribution in [-0.2, 0) is 11.3 Å². The molecule has 1 saturated carbocycles. The molecule has 0 aliphatic heterocycles. The van der Waals surface area contributed by atoms with E-state index in [2.05, 4.69) is 0 Å². The van der Waals surface area contributed by atoms with Gasteiger partial charge in [-0.25, -0.2) is 4.39 Å². The molecule has 2 rings (SSSR count). The van der Waals surface area contributed by atoms with Crippen molar-refractivity contribution < 1.29 is 13.9 Å². The molecule has 1 aliphatic rings. The third kappa shape index (κ3) is 3.43. The van der Waals surface area contributed by atoms with Crippen molar-refractivity contribution in [2.24, 2.45) is 5.73 Å². The molecule has 18 heavy (non-hydrogen) atoms. The molecule has 0 amide bonds. The fourth-order valence-corrected chi connectivity index (χ4v) is 2.23. The van der Waals surface area contributed by atoms with Crippen molar-refractivity contribution in [1.82, 2.24) is 0 Å². The van der Waals surface area contributed by atoms with Crippen LogP contribution in [0.1, 0.15) is 31.2 Å². The molecular weight excluding hydrogens is 233 g/mol. The van der Waals surface area contributed by atoms with E-state index in [1.54, 1.807) is 12.1 Å². The number of halogens is 1. The second kappa shape index (κ2) is 6.16. The van der Waals surface area contributed by atoms with Gasteiger partial charge in [-0.2, -0.15) is 0 Å². The average molecular weight is 253 g/mol. The Morgan fingerprint density at radius 2 is 2.00 bits per heavy atom. The second-order valence-corrected chi connectivity index (χ2v) is 4.81. The predicted molar refractivity (Wildman–Crippen MR) is 68.0 cm³/mol. The number of benzene rings is 1. The first-order valence-electron chi connectivity index (χ1n) is 6.38. The third-order valence-corrected chi connectivity index (χ3v) is 3.45. The maximum Gasteiger partial charge on any atom is 0.132 e. The summed E-state index contributed by atoms with van der Waals surface area (Å²) >= 11 is 0. The van der Waals surface area contributed by atoms with Crippen molar-refractivity contribution in [2.45, 2.75) is 44.4 Å². The molecule has 2 N–H and O–H groups in total. The summed E-state index contributed by atoms with van der Waals surface area (Å²) in [6.45, 7) is 0.315. The van der Waals surface area contributed by atoms with E-state index >= 15 is 0 Å². The van der Waals surface area contributed by atoms with Gasteiger partial charge in [0.15, 0.2) is 0 Å². The molecule has 0 heterocycles. The standard InChI is InChI=1S/C14H20FNO2/c1-17-13-5-2-10(14(15)8-13)9-18-12-6-3-11(16)4-7-12/h2,5,8,11-12H,3-4,6-7,9,16H2,1H3. The molecule has 3 nitrogen and oxygen atoms in total. The average Bonchev–Trinajstić information content (AvgIpc) is 2.39. The molecule has 4 heteroatoms. The highest BCUT2D eigenvalue weighted by molar-refractivity contribution is 5.28. The van der Waals surface area contributed by atoms with Gasteiger partial charge in [0.2, 0.25) is 0 Å². The van der Waals surface area contributed by atoms with Crippen LogP contribution >= 0.6 is 0 Å². The van der Waals surface area contributed by atoms with Crippen LogP contribution in [0.25, 0.3) is 0 Å². The minimum Gasteiger partial charge on any atom is -0.497 e. The number of rotatable bonds is 4. The van der Waals surface area contributed by atoms with Crippen molar-refractivity contribution in [3.63, 3.8) is 0 Å². The molecule has 1 aliphatic carbocycles. The summed E-state index contributed by atoms with van der Waals surface area (Å²) in [7, 11) is 1.52. The summed E-state index contributed by atoms with van der Waals surface area (Å²) in [5.41, 5.74) is 6.41. The molecule has 1 aromatic carbocycles. The normalized spacial score (nSPS) is 23.9. The highest BCUT2D eigenvalue weighted by atomic mass is 19.1. The Labute approximate surface area is 107 Å². The lowest BCUT2D eigenvalue weighted by atomic mass is 9.94. The van der Waals surface area contributed by atoms with Gasteiger partial charge in [-0.15, -0.1) is 0 Å². The molecule has 0 saturated heterocycles. The summed E-state index contributed by atoms with van der Waals surface area (Å²) in [4.78, 5) is 0. The zero-order chi connectivity index (χ0) is 13.0. The SMILES string of the molecule is COc1ccc(COC2CCC(N)CC2)c(F)c1. The van der Waals surface area contributed by atoms with Gasteiger partial charge in [0.05, 0.1) is 19.8 Å². The maximum atomic E-state index is 13.7. The van der Waals surface area contributed by atoms with Crippen LogP contribution in [0.3, 0.4) is 0 Å². The quantitative estimate of drug-likeness (QED) is 0.897. The van der Waals surface area contributed by atoms with Gasteiger partial charge in [-0.1, -0.05) is 6.07 Å². The van der Waals surface area contributed by atoms with Gasteiger partial charge in [0, 0.05) is 17.7 Å². The molecule has 0 bridgehead atoms. The van der Waals surface area contributed by atoms with E-state index in [1.165, 1.54) is 13.2 Å². The lowest BCUT2D eigenvalue weighted by molar-refractivity contribution is 0.0125. The zero-order valence-electron chi connectivity index (χ0n) is 10.7. The Bertz CT molecular complexity index is 389. The highest BCUT2D eigenvalue weighted by Crippen LogP contribution is 2.22. The van der Waals surface area contributed by atoms with E-state index in [9.17, 15) is 4.39 Å². The van der Waals surface area contributed by atoms with Crippen LogP contribution in [0.4, 0.5) is 4.39 Å². The Hall–Kier alpha value is -1.13. The molecule has 0 spiro atoms. The van der Waals surface area contributed by atoms with E-state index in [-0.39, 0.29) is 11.9 Å². The molecule has 0 unspecified atom stereocenters. The van der Waals surface area contributed by atoms with Gasteiger partial charge >= 0.3 is 0 Å². The first kappa shape index (κ1) is 13.3. The molecule has 0 atom stereocenters. The van der Waals surface area contributed by atoms with Crippen molar-refractivity contribution in [1.29, 1.82) is 0 Å². The van der Waals surface area contributed by atoms with Gasteiger partial charge in [0.25, 0.3) is 0 Å². The Kier molecular flexibility index (Phi) is 4.55. The summed E-state index contributed by atoms with van der Waals surface area (Å²) in [5, 5.41) is 0. The number of ether oxygens (including phenoxy) is 2. The fourth-order valence-electron chi connectivity index (χ4n) is 2.23. The minimum absolute atomic E-state index is 0.214. The summed E-state index contributed by atoms with van der Waals surface area (Å²) < 4.78 is 24.4. The first-order valence-corrected chi connectivity index (χ1v) is 6.38. The van der Waals surface area contributed by atoms with Crippen LogP contribution in [0.2, 0.25) is 0 Å². The van der Waals surface area contributed by atoms with Crippen molar-refractivity contribution in [3.8, 4) is 5.75 Å². The van der Waals surface area contributed by atoms with E-state index in [4.69, 9.17) is 15.2 Å². The Balaban J connectivity index is 1.86. The molecular formula is C14H20FNO2. The number of methoxy groups -OCH3 is 1. The first-order chi connectivity index (χ1) is 8.69. The summed E-state index contributed by atoms with van der Waals surface area (Å²) in [6.07, 6.45) is 4.15. The molecule has 100 valence electrons. The van der Waals surface area contributed by atoms with Crippen LogP contribution in [-0.4, -0.2) is 19.3 Å². The monoisotopic (exact) mass is 253 g/mol. The maximum absolute atomic E-state index is 13.7. The number of nitrogens with two attached hydrogens (primary N) is 1. The largest absolute Gasteiger partial charge is 0.497 e. The van der Waals surface area contributed by atoms with Crippen LogP contribution in [0.15, 0.2) is 18.2 Å².